The molecule has 1 aromatic heterocycles. The van der Waals surface area contributed by atoms with Crippen LogP contribution in [0.3, 0.4) is 0 Å². The Balaban J connectivity index is 2.17. The molecule has 1 unspecified atom stereocenters. The lowest BCUT2D eigenvalue weighted by atomic mass is 9.77. The highest BCUT2D eigenvalue weighted by Crippen LogP contribution is 2.41. The first-order valence-corrected chi connectivity index (χ1v) is 10.1. The summed E-state index contributed by atoms with van der Waals surface area (Å²) >= 11 is 0. The van der Waals surface area contributed by atoms with E-state index in [1.54, 1.807) is 0 Å². The summed E-state index contributed by atoms with van der Waals surface area (Å²) in [5.74, 6) is 0.377. The van der Waals surface area contributed by atoms with Crippen LogP contribution in [0, 0.1) is 0 Å². The van der Waals surface area contributed by atoms with Crippen LogP contribution in [0.5, 0.6) is 5.75 Å². The van der Waals surface area contributed by atoms with Crippen LogP contribution < -0.4 is 17.1 Å². The van der Waals surface area contributed by atoms with E-state index in [4.69, 9.17) is 4.74 Å². The van der Waals surface area contributed by atoms with Gasteiger partial charge in [-0.05, 0) is 27.5 Å². The molecule has 1 atom stereocenters. The van der Waals surface area contributed by atoms with Gasteiger partial charge in [0.2, 0.25) is 0 Å². The lowest BCUT2D eigenvalue weighted by Gasteiger charge is -2.29. The van der Waals surface area contributed by atoms with Gasteiger partial charge in [-0.15, -0.1) is 0 Å². The number of aromatic hydroxyl groups is 1. The van der Waals surface area contributed by atoms with Gasteiger partial charge >= 0.3 is 17.1 Å². The molecule has 0 spiro atoms. The van der Waals surface area contributed by atoms with Crippen molar-refractivity contribution in [2.45, 2.75) is 71.8 Å². The van der Waals surface area contributed by atoms with Crippen molar-refractivity contribution in [3.8, 4) is 5.75 Å². The van der Waals surface area contributed by atoms with E-state index in [-0.39, 0.29) is 29.9 Å². The van der Waals surface area contributed by atoms with E-state index in [9.17, 15) is 19.5 Å². The summed E-state index contributed by atoms with van der Waals surface area (Å²) in [5, 5.41) is 10.9. The van der Waals surface area contributed by atoms with E-state index < -0.39 is 17.1 Å². The molecular formula is C22H33N3O5. The third-order valence-corrected chi connectivity index (χ3v) is 5.08. The number of nitrogens with zero attached hydrogens (tertiary/aromatic N) is 1. The average Bonchev–Trinajstić information content (AvgIpc) is 2.58. The lowest BCUT2D eigenvalue weighted by Crippen LogP contribution is -2.43. The molecule has 0 bridgehead atoms. The molecule has 3 N–H and O–H groups in total. The molecule has 8 nitrogen and oxygen atoms in total. The molecule has 0 aliphatic heterocycles. The number of aromatic nitrogens is 3. The van der Waals surface area contributed by atoms with Gasteiger partial charge in [-0.3, -0.25) is 9.97 Å². The summed E-state index contributed by atoms with van der Waals surface area (Å²) < 4.78 is 6.60. The predicted molar refractivity (Wildman–Crippen MR) is 117 cm³/mol. The molecule has 0 saturated carbocycles. The van der Waals surface area contributed by atoms with Crippen LogP contribution in [-0.2, 0) is 22.1 Å². The van der Waals surface area contributed by atoms with Gasteiger partial charge in [0.15, 0.2) is 0 Å². The highest BCUT2D eigenvalue weighted by molar-refractivity contribution is 5.50. The van der Waals surface area contributed by atoms with Crippen molar-refractivity contribution in [3.63, 3.8) is 0 Å². The summed E-state index contributed by atoms with van der Waals surface area (Å²) in [7, 11) is 0. The molecule has 1 heterocycles. The Bertz CT molecular complexity index is 995. The second-order valence-electron chi connectivity index (χ2n) is 9.78. The normalized spacial score (nSPS) is 13.4. The minimum absolute atomic E-state index is 0.0354. The van der Waals surface area contributed by atoms with E-state index in [2.05, 4.69) is 41.5 Å². The Morgan fingerprint density at radius 2 is 1.43 bits per heavy atom. The van der Waals surface area contributed by atoms with Crippen LogP contribution in [0.2, 0.25) is 0 Å². The number of hydrogen-bond acceptors (Lipinski definition) is 5. The minimum Gasteiger partial charge on any atom is -0.507 e. The molecule has 2 rings (SSSR count). The molecule has 2 aromatic rings. The number of ether oxygens (including phenoxy) is 1. The maximum absolute atomic E-state index is 11.7. The van der Waals surface area contributed by atoms with E-state index in [1.807, 2.05) is 29.0 Å². The molecule has 0 amide bonds. The third-order valence-electron chi connectivity index (χ3n) is 5.08. The van der Waals surface area contributed by atoms with Crippen LogP contribution >= 0.6 is 0 Å². The second kappa shape index (κ2) is 8.63. The maximum Gasteiger partial charge on any atom is 0.333 e. The maximum atomic E-state index is 11.7. The minimum atomic E-state index is -0.826. The molecule has 0 saturated heterocycles. The number of H-pyrrole nitrogens is 2. The van der Waals surface area contributed by atoms with E-state index in [1.165, 1.54) is 0 Å². The average molecular weight is 420 g/mol. The first-order valence-electron chi connectivity index (χ1n) is 10.1. The Kier molecular flexibility index (Phi) is 6.81. The van der Waals surface area contributed by atoms with Gasteiger partial charge in [0.05, 0.1) is 19.8 Å². The summed E-state index contributed by atoms with van der Waals surface area (Å²) in [6.45, 7) is 15.0. The van der Waals surface area contributed by atoms with Crippen LogP contribution in [0.25, 0.3) is 0 Å². The zero-order valence-electron chi connectivity index (χ0n) is 18.9. The number of phenols is 1. The van der Waals surface area contributed by atoms with Gasteiger partial charge < -0.3 is 9.84 Å². The monoisotopic (exact) mass is 419 g/mol. The summed E-state index contributed by atoms with van der Waals surface area (Å²) in [6.07, 6.45) is 0. The first-order chi connectivity index (χ1) is 13.7. The zero-order chi connectivity index (χ0) is 22.9. The van der Waals surface area contributed by atoms with Crippen LogP contribution in [-0.4, -0.2) is 32.9 Å². The van der Waals surface area contributed by atoms with E-state index in [0.29, 0.717) is 12.4 Å². The zero-order valence-corrected chi connectivity index (χ0v) is 18.9. The molecule has 0 aliphatic carbocycles. The van der Waals surface area contributed by atoms with Crippen LogP contribution in [0.15, 0.2) is 26.5 Å². The van der Waals surface area contributed by atoms with Crippen molar-refractivity contribution in [2.24, 2.45) is 0 Å². The van der Waals surface area contributed by atoms with Crippen molar-refractivity contribution in [1.29, 1.82) is 0 Å². The van der Waals surface area contributed by atoms with Crippen molar-refractivity contribution in [1.82, 2.24) is 14.5 Å². The lowest BCUT2D eigenvalue weighted by molar-refractivity contribution is 0.114. The molecular weight excluding hydrogens is 386 g/mol. The SMILES string of the molecule is CC(COCCn1c(=O)[nH]c(=O)[nH]c1=O)c1cc(C(C)(C)C)c(O)c(C(C)(C)C)c1. The molecule has 0 radical (unpaired) electrons. The Morgan fingerprint density at radius 1 is 0.967 bits per heavy atom. The largest absolute Gasteiger partial charge is 0.507 e. The van der Waals surface area contributed by atoms with Gasteiger partial charge in [-0.25, -0.2) is 19.0 Å². The molecule has 8 heteroatoms. The second-order valence-corrected chi connectivity index (χ2v) is 9.78. The Labute approximate surface area is 175 Å². The fourth-order valence-electron chi connectivity index (χ4n) is 3.25. The quantitative estimate of drug-likeness (QED) is 0.621. The highest BCUT2D eigenvalue weighted by Gasteiger charge is 2.27. The fourth-order valence-corrected chi connectivity index (χ4v) is 3.25. The molecule has 1 aromatic carbocycles. The van der Waals surface area contributed by atoms with Gasteiger partial charge in [0, 0.05) is 5.92 Å². The topological polar surface area (TPSA) is 117 Å². The number of nitrogens with one attached hydrogen (secondary N) is 2. The van der Waals surface area contributed by atoms with Crippen molar-refractivity contribution >= 4 is 0 Å². The number of phenolic OH excluding ortho intramolecular Hbond substituents is 1. The van der Waals surface area contributed by atoms with Gasteiger partial charge in [-0.1, -0.05) is 60.6 Å². The van der Waals surface area contributed by atoms with Crippen molar-refractivity contribution < 1.29 is 9.84 Å². The number of aromatic amines is 2. The summed E-state index contributed by atoms with van der Waals surface area (Å²) in [6, 6.07) is 4.05. The molecule has 30 heavy (non-hydrogen) atoms. The smallest absolute Gasteiger partial charge is 0.333 e. The van der Waals surface area contributed by atoms with Crippen LogP contribution in [0.4, 0.5) is 0 Å². The van der Waals surface area contributed by atoms with Crippen molar-refractivity contribution in [3.05, 3.63) is 60.3 Å². The number of hydrogen-bond donors (Lipinski definition) is 3. The van der Waals surface area contributed by atoms with Gasteiger partial charge in [0.25, 0.3) is 0 Å². The number of benzene rings is 1. The molecule has 166 valence electrons. The Hall–Kier alpha value is -2.61. The van der Waals surface area contributed by atoms with E-state index in [0.717, 1.165) is 21.3 Å². The van der Waals surface area contributed by atoms with Gasteiger partial charge in [0.1, 0.15) is 5.75 Å². The first kappa shape index (κ1) is 23.7. The van der Waals surface area contributed by atoms with E-state index >= 15 is 0 Å². The predicted octanol–water partition coefficient (Wildman–Crippen LogP) is 2.35. The van der Waals surface area contributed by atoms with Crippen LogP contribution in [0.1, 0.15) is 71.1 Å². The standard InChI is InChI=1S/C22H33N3O5/c1-13(12-30-9-8-25-19(28)23-18(27)24-20(25)29)14-10-15(21(2,3)4)17(26)16(11-14)22(5,6)7/h10-11,13,26H,8-9,12H2,1-7H3,(H2,23,24,27,28,29). The Morgan fingerprint density at radius 3 is 1.87 bits per heavy atom. The van der Waals surface area contributed by atoms with Gasteiger partial charge in [-0.2, -0.15) is 0 Å². The molecule has 0 aliphatic rings. The summed E-state index contributed by atoms with van der Waals surface area (Å²) in [4.78, 5) is 38.5. The highest BCUT2D eigenvalue weighted by atomic mass is 16.5. The number of rotatable bonds is 6. The third kappa shape index (κ3) is 5.50. The van der Waals surface area contributed by atoms with Crippen molar-refractivity contribution in [2.75, 3.05) is 13.2 Å². The molecule has 0 fully saturated rings. The fraction of sp³-hybridized carbons (Fsp3) is 0.591. The summed E-state index contributed by atoms with van der Waals surface area (Å²) in [5.41, 5.74) is 0.0627.